The van der Waals surface area contributed by atoms with E-state index < -0.39 is 28.4 Å². The van der Waals surface area contributed by atoms with Gasteiger partial charge in [-0.25, -0.2) is 0 Å². The fourth-order valence-corrected chi connectivity index (χ4v) is 4.40. The summed E-state index contributed by atoms with van der Waals surface area (Å²) in [6.07, 6.45) is -4.53. The molecule has 2 aromatic carbocycles. The third-order valence-corrected chi connectivity index (χ3v) is 5.39. The van der Waals surface area contributed by atoms with Crippen LogP contribution in [0, 0.1) is 0 Å². The Morgan fingerprint density at radius 2 is 1.84 bits per heavy atom. The summed E-state index contributed by atoms with van der Waals surface area (Å²) < 4.78 is 39.1. The van der Waals surface area contributed by atoms with Crippen LogP contribution in [0.25, 0.3) is 0 Å². The lowest BCUT2D eigenvalue weighted by Gasteiger charge is -2.32. The van der Waals surface area contributed by atoms with Crippen molar-refractivity contribution in [2.24, 2.45) is 0 Å². The molecular formula is C17H11F3N2O2S. The molecule has 1 atom stereocenters. The molecule has 2 aliphatic rings. The maximum Gasteiger partial charge on any atom is 0.416 e. The molecule has 4 nitrogen and oxygen atoms in total. The Morgan fingerprint density at radius 1 is 1.08 bits per heavy atom. The highest BCUT2D eigenvalue weighted by atomic mass is 32.2. The minimum Gasteiger partial charge on any atom is -0.323 e. The van der Waals surface area contributed by atoms with Crippen molar-refractivity contribution in [3.8, 4) is 0 Å². The fraction of sp³-hybridized carbons (Fsp3) is 0.176. The third kappa shape index (κ3) is 2.24. The summed E-state index contributed by atoms with van der Waals surface area (Å²) in [5, 5.41) is 2.27. The van der Waals surface area contributed by atoms with Crippen molar-refractivity contribution in [3.05, 3.63) is 59.7 Å². The van der Waals surface area contributed by atoms with E-state index in [0.29, 0.717) is 11.3 Å². The minimum absolute atomic E-state index is 0.0525. The second-order valence-corrected chi connectivity index (χ2v) is 6.72. The molecule has 1 spiro atoms. The summed E-state index contributed by atoms with van der Waals surface area (Å²) in [7, 11) is 0. The van der Waals surface area contributed by atoms with Crippen molar-refractivity contribution in [1.29, 1.82) is 0 Å². The number of benzene rings is 2. The van der Waals surface area contributed by atoms with Gasteiger partial charge in [-0.1, -0.05) is 36.0 Å². The van der Waals surface area contributed by atoms with E-state index in [1.54, 1.807) is 24.3 Å². The highest BCUT2D eigenvalue weighted by Gasteiger charge is 2.58. The standard InChI is InChI=1S/C17H11F3N2O2S/c18-17(19,20)10-4-3-5-11(8-10)22-15(24)25-9-16(22)12-6-1-2-7-13(12)21-14(16)23/h1-8H,9H2,(H,21,23). The lowest BCUT2D eigenvalue weighted by molar-refractivity contribution is -0.137. The van der Waals surface area contributed by atoms with Gasteiger partial charge < -0.3 is 5.32 Å². The molecule has 2 amide bonds. The van der Waals surface area contributed by atoms with Crippen LogP contribution in [0.1, 0.15) is 11.1 Å². The lowest BCUT2D eigenvalue weighted by Crippen LogP contribution is -2.50. The van der Waals surface area contributed by atoms with Gasteiger partial charge in [-0.15, -0.1) is 0 Å². The number of carbonyl (C=O) groups excluding carboxylic acids is 2. The van der Waals surface area contributed by atoms with Crippen LogP contribution < -0.4 is 10.2 Å². The normalized spacial score (nSPS) is 22.4. The van der Waals surface area contributed by atoms with E-state index in [1.165, 1.54) is 17.0 Å². The summed E-state index contributed by atoms with van der Waals surface area (Å²) in [6.45, 7) is 0. The number of hydrogen-bond donors (Lipinski definition) is 1. The van der Waals surface area contributed by atoms with Crippen LogP contribution in [0.2, 0.25) is 0 Å². The molecule has 128 valence electrons. The van der Waals surface area contributed by atoms with Crippen molar-refractivity contribution in [2.75, 3.05) is 16.0 Å². The zero-order valence-corrected chi connectivity index (χ0v) is 13.4. The van der Waals surface area contributed by atoms with E-state index in [1.807, 2.05) is 0 Å². The maximum atomic E-state index is 13.0. The van der Waals surface area contributed by atoms with Gasteiger partial charge in [0.15, 0.2) is 5.54 Å². The average molecular weight is 364 g/mol. The highest BCUT2D eigenvalue weighted by molar-refractivity contribution is 8.14. The van der Waals surface area contributed by atoms with Crippen molar-refractivity contribution in [2.45, 2.75) is 11.7 Å². The maximum absolute atomic E-state index is 13.0. The second kappa shape index (κ2) is 5.26. The van der Waals surface area contributed by atoms with Crippen molar-refractivity contribution in [3.63, 3.8) is 0 Å². The number of halogens is 3. The largest absolute Gasteiger partial charge is 0.416 e. The van der Waals surface area contributed by atoms with Crippen molar-refractivity contribution >= 4 is 34.3 Å². The molecule has 2 aliphatic heterocycles. The lowest BCUT2D eigenvalue weighted by atomic mass is 9.91. The Morgan fingerprint density at radius 3 is 2.60 bits per heavy atom. The number of amides is 2. The van der Waals surface area contributed by atoms with E-state index in [0.717, 1.165) is 23.9 Å². The molecule has 4 rings (SSSR count). The zero-order chi connectivity index (χ0) is 17.8. The first-order valence-electron chi connectivity index (χ1n) is 7.39. The van der Waals surface area contributed by atoms with Crippen molar-refractivity contribution in [1.82, 2.24) is 0 Å². The molecule has 25 heavy (non-hydrogen) atoms. The minimum atomic E-state index is -4.53. The van der Waals surface area contributed by atoms with Gasteiger partial charge in [-0.05, 0) is 24.3 Å². The number of thioether (sulfide) groups is 1. The molecule has 0 radical (unpaired) electrons. The molecule has 1 unspecified atom stereocenters. The van der Waals surface area contributed by atoms with Gasteiger partial charge in [0, 0.05) is 22.7 Å². The van der Waals surface area contributed by atoms with Crippen LogP contribution in [-0.4, -0.2) is 16.9 Å². The molecule has 1 N–H and O–H groups in total. The number of carbonyl (C=O) groups is 2. The molecule has 8 heteroatoms. The number of para-hydroxylation sites is 1. The van der Waals surface area contributed by atoms with Gasteiger partial charge in [0.25, 0.3) is 11.1 Å². The van der Waals surface area contributed by atoms with Gasteiger partial charge in [0.1, 0.15) is 0 Å². The van der Waals surface area contributed by atoms with Crippen LogP contribution >= 0.6 is 11.8 Å². The molecular weight excluding hydrogens is 353 g/mol. The van der Waals surface area contributed by atoms with Crippen LogP contribution in [0.4, 0.5) is 29.3 Å². The first kappa shape index (κ1) is 16.0. The van der Waals surface area contributed by atoms with Crippen LogP contribution in [0.5, 0.6) is 0 Å². The number of fused-ring (bicyclic) bond motifs is 2. The second-order valence-electron chi connectivity index (χ2n) is 5.80. The smallest absolute Gasteiger partial charge is 0.323 e. The molecule has 0 aliphatic carbocycles. The number of anilines is 2. The monoisotopic (exact) mass is 364 g/mol. The quantitative estimate of drug-likeness (QED) is 0.824. The van der Waals surface area contributed by atoms with E-state index in [-0.39, 0.29) is 11.4 Å². The van der Waals surface area contributed by atoms with Gasteiger partial charge >= 0.3 is 6.18 Å². The topological polar surface area (TPSA) is 49.4 Å². The Labute approximate surface area is 145 Å². The Balaban J connectivity index is 1.89. The SMILES string of the molecule is O=C1SCC2(C(=O)Nc3ccccc32)N1c1cccc(C(F)(F)F)c1. The number of alkyl halides is 3. The summed E-state index contributed by atoms with van der Waals surface area (Å²) >= 11 is 0.922. The summed E-state index contributed by atoms with van der Waals surface area (Å²) in [5.74, 6) is -0.269. The Bertz CT molecular complexity index is 899. The molecule has 0 bridgehead atoms. The zero-order valence-electron chi connectivity index (χ0n) is 12.6. The molecule has 1 fully saturated rings. The van der Waals surface area contributed by atoms with Gasteiger partial charge in [0.05, 0.1) is 5.56 Å². The third-order valence-electron chi connectivity index (χ3n) is 4.40. The summed E-state index contributed by atoms with van der Waals surface area (Å²) in [6, 6.07) is 11.4. The van der Waals surface area contributed by atoms with Crippen LogP contribution in [0.3, 0.4) is 0 Å². The Kier molecular flexibility index (Phi) is 3.37. The van der Waals surface area contributed by atoms with E-state index in [2.05, 4.69) is 5.32 Å². The number of nitrogens with zero attached hydrogens (tertiary/aromatic N) is 1. The van der Waals surface area contributed by atoms with E-state index >= 15 is 0 Å². The van der Waals surface area contributed by atoms with Crippen LogP contribution in [-0.2, 0) is 16.5 Å². The molecule has 0 aromatic heterocycles. The highest BCUT2D eigenvalue weighted by Crippen LogP contribution is 2.50. The summed E-state index contributed by atoms with van der Waals surface area (Å²) in [4.78, 5) is 26.4. The average Bonchev–Trinajstić information content (AvgIpc) is 3.06. The first-order valence-corrected chi connectivity index (χ1v) is 8.38. The van der Waals surface area contributed by atoms with E-state index in [4.69, 9.17) is 0 Å². The molecule has 2 heterocycles. The van der Waals surface area contributed by atoms with Gasteiger partial charge in [-0.3, -0.25) is 14.5 Å². The molecule has 1 saturated heterocycles. The number of nitrogens with one attached hydrogen (secondary N) is 1. The predicted octanol–water partition coefficient (Wildman–Crippen LogP) is 4.23. The number of hydrogen-bond acceptors (Lipinski definition) is 3. The van der Waals surface area contributed by atoms with Crippen LogP contribution in [0.15, 0.2) is 48.5 Å². The Hall–Kier alpha value is -2.48. The molecule has 2 aromatic rings. The summed E-state index contributed by atoms with van der Waals surface area (Å²) in [5.41, 5.74) is -0.980. The predicted molar refractivity (Wildman–Crippen MR) is 88.5 cm³/mol. The molecule has 0 saturated carbocycles. The van der Waals surface area contributed by atoms with Crippen molar-refractivity contribution < 1.29 is 22.8 Å². The number of rotatable bonds is 1. The van der Waals surface area contributed by atoms with E-state index in [9.17, 15) is 22.8 Å². The van der Waals surface area contributed by atoms with Gasteiger partial charge in [-0.2, -0.15) is 13.2 Å². The fourth-order valence-electron chi connectivity index (χ4n) is 3.26. The first-order chi connectivity index (χ1) is 11.8. The van der Waals surface area contributed by atoms with Gasteiger partial charge in [0.2, 0.25) is 0 Å².